The summed E-state index contributed by atoms with van der Waals surface area (Å²) < 4.78 is 50.1. The number of ether oxygens (including phenoxy) is 2. The number of halogens is 3. The zero-order valence-corrected chi connectivity index (χ0v) is 17.4. The summed E-state index contributed by atoms with van der Waals surface area (Å²) in [5, 5.41) is 7.02. The van der Waals surface area contributed by atoms with Gasteiger partial charge in [0.15, 0.2) is 0 Å². The molecule has 1 amide bonds. The molecule has 0 aliphatic heterocycles. The van der Waals surface area contributed by atoms with Crippen LogP contribution in [0.15, 0.2) is 54.6 Å². The van der Waals surface area contributed by atoms with Crippen LogP contribution in [0.4, 0.5) is 13.2 Å². The third kappa shape index (κ3) is 5.60. The minimum atomic E-state index is -4.44. The van der Waals surface area contributed by atoms with Gasteiger partial charge in [0, 0.05) is 12.6 Å². The highest BCUT2D eigenvalue weighted by Crippen LogP contribution is 2.31. The molecule has 9 heteroatoms. The summed E-state index contributed by atoms with van der Waals surface area (Å²) in [5.41, 5.74) is 0.902. The Hall–Kier alpha value is -3.93. The quantitative estimate of drug-likeness (QED) is 0.587. The Kier molecular flexibility index (Phi) is 7.05. The SMILES string of the molecule is COc1ccccc1-c1cc(C(=O)NCC#CCOc2cccc(C(F)(F)F)c2)n(C)n1. The van der Waals surface area contributed by atoms with Crippen LogP contribution < -0.4 is 14.8 Å². The van der Waals surface area contributed by atoms with Crippen LogP contribution in [0.5, 0.6) is 11.5 Å². The van der Waals surface area contributed by atoms with E-state index in [-0.39, 0.29) is 24.8 Å². The minimum Gasteiger partial charge on any atom is -0.496 e. The zero-order valence-electron chi connectivity index (χ0n) is 17.4. The molecule has 0 bridgehead atoms. The molecule has 0 aliphatic rings. The second kappa shape index (κ2) is 9.92. The molecule has 6 nitrogen and oxygen atoms in total. The number of carbonyl (C=O) groups excluding carboxylic acids is 1. The lowest BCUT2D eigenvalue weighted by Gasteiger charge is -2.08. The summed E-state index contributed by atoms with van der Waals surface area (Å²) >= 11 is 0. The molecular formula is C23H20F3N3O3. The number of alkyl halides is 3. The highest BCUT2D eigenvalue weighted by Gasteiger charge is 2.30. The highest BCUT2D eigenvalue weighted by molar-refractivity contribution is 5.94. The molecule has 0 saturated carbocycles. The van der Waals surface area contributed by atoms with Crippen molar-refractivity contribution in [1.29, 1.82) is 0 Å². The van der Waals surface area contributed by atoms with Gasteiger partial charge in [-0.3, -0.25) is 9.48 Å². The van der Waals surface area contributed by atoms with E-state index < -0.39 is 11.7 Å². The van der Waals surface area contributed by atoms with Gasteiger partial charge in [-0.15, -0.1) is 0 Å². The number of hydrogen-bond donors (Lipinski definition) is 1. The highest BCUT2D eigenvalue weighted by atomic mass is 19.4. The van der Waals surface area contributed by atoms with Crippen LogP contribution in [0.25, 0.3) is 11.3 Å². The standard InChI is InChI=1S/C23H20F3N3O3/c1-29-20(15-19(28-29)18-10-3-4-11-21(18)31-2)22(30)27-12-5-6-13-32-17-9-7-8-16(14-17)23(24,25)26/h3-4,7-11,14-15H,12-13H2,1-2H3,(H,27,30). The number of amides is 1. The van der Waals surface area contributed by atoms with E-state index in [0.717, 1.165) is 17.7 Å². The van der Waals surface area contributed by atoms with Gasteiger partial charge in [0.2, 0.25) is 0 Å². The van der Waals surface area contributed by atoms with Gasteiger partial charge in [-0.1, -0.05) is 30.0 Å². The van der Waals surface area contributed by atoms with Crippen LogP contribution in [-0.2, 0) is 13.2 Å². The number of nitrogens with zero attached hydrogens (tertiary/aromatic N) is 2. The molecule has 1 aromatic heterocycles. The van der Waals surface area contributed by atoms with Crippen LogP contribution in [-0.4, -0.2) is 35.9 Å². The number of methoxy groups -OCH3 is 1. The molecule has 0 saturated heterocycles. The first kappa shape index (κ1) is 22.7. The van der Waals surface area contributed by atoms with Gasteiger partial charge >= 0.3 is 6.18 Å². The first-order valence-corrected chi connectivity index (χ1v) is 9.51. The van der Waals surface area contributed by atoms with E-state index in [0.29, 0.717) is 17.1 Å². The normalized spacial score (nSPS) is 10.8. The lowest BCUT2D eigenvalue weighted by atomic mass is 10.1. The number of rotatable bonds is 6. The number of nitrogens with one attached hydrogen (secondary N) is 1. The Labute approximate surface area is 183 Å². The van der Waals surface area contributed by atoms with Crippen molar-refractivity contribution in [2.75, 3.05) is 20.3 Å². The molecule has 3 rings (SSSR count). The van der Waals surface area contributed by atoms with Gasteiger partial charge < -0.3 is 14.8 Å². The number of aromatic nitrogens is 2. The fraction of sp³-hybridized carbons (Fsp3) is 0.217. The molecule has 32 heavy (non-hydrogen) atoms. The second-order valence-electron chi connectivity index (χ2n) is 6.59. The molecular weight excluding hydrogens is 423 g/mol. The lowest BCUT2D eigenvalue weighted by molar-refractivity contribution is -0.137. The maximum atomic E-state index is 12.7. The van der Waals surface area contributed by atoms with Crippen LogP contribution in [0.1, 0.15) is 16.1 Å². The first-order chi connectivity index (χ1) is 15.3. The van der Waals surface area contributed by atoms with Crippen LogP contribution >= 0.6 is 0 Å². The zero-order chi connectivity index (χ0) is 23.1. The smallest absolute Gasteiger partial charge is 0.416 e. The van der Waals surface area contributed by atoms with E-state index in [2.05, 4.69) is 22.3 Å². The Morgan fingerprint density at radius 3 is 2.66 bits per heavy atom. The van der Waals surface area contributed by atoms with Crippen LogP contribution in [0.3, 0.4) is 0 Å². The van der Waals surface area contributed by atoms with Crippen molar-refractivity contribution in [3.05, 3.63) is 65.9 Å². The molecule has 0 atom stereocenters. The molecule has 3 aromatic rings. The van der Waals surface area contributed by atoms with E-state index >= 15 is 0 Å². The maximum absolute atomic E-state index is 12.7. The lowest BCUT2D eigenvalue weighted by Crippen LogP contribution is -2.25. The topological polar surface area (TPSA) is 65.4 Å². The van der Waals surface area contributed by atoms with Gasteiger partial charge in [0.25, 0.3) is 5.91 Å². The van der Waals surface area contributed by atoms with Crippen molar-refractivity contribution in [2.24, 2.45) is 7.05 Å². The Balaban J connectivity index is 1.54. The van der Waals surface area contributed by atoms with Crippen molar-refractivity contribution in [3.8, 4) is 34.6 Å². The molecule has 0 fully saturated rings. The third-order valence-corrected chi connectivity index (χ3v) is 4.43. The van der Waals surface area contributed by atoms with Gasteiger partial charge in [-0.05, 0) is 36.4 Å². The van der Waals surface area contributed by atoms with Gasteiger partial charge in [0.1, 0.15) is 23.8 Å². The summed E-state index contributed by atoms with van der Waals surface area (Å²) in [4.78, 5) is 12.4. The average Bonchev–Trinajstić information content (AvgIpc) is 3.17. The number of carbonyl (C=O) groups is 1. The number of benzene rings is 2. The molecule has 0 unspecified atom stereocenters. The summed E-state index contributed by atoms with van der Waals surface area (Å²) in [6.07, 6.45) is -4.44. The monoisotopic (exact) mass is 443 g/mol. The Morgan fingerprint density at radius 2 is 1.91 bits per heavy atom. The maximum Gasteiger partial charge on any atom is 0.416 e. The van der Waals surface area contributed by atoms with Crippen molar-refractivity contribution in [3.63, 3.8) is 0 Å². The van der Waals surface area contributed by atoms with E-state index in [1.54, 1.807) is 26.3 Å². The molecule has 2 aromatic carbocycles. The Bertz CT molecular complexity index is 1160. The van der Waals surface area contributed by atoms with Gasteiger partial charge in [-0.2, -0.15) is 18.3 Å². The summed E-state index contributed by atoms with van der Waals surface area (Å²) in [5.74, 6) is 5.69. The third-order valence-electron chi connectivity index (χ3n) is 4.43. The largest absolute Gasteiger partial charge is 0.496 e. The molecule has 1 N–H and O–H groups in total. The minimum absolute atomic E-state index is 0.0416. The molecule has 0 spiro atoms. The van der Waals surface area contributed by atoms with E-state index in [1.807, 2.05) is 18.2 Å². The van der Waals surface area contributed by atoms with Crippen molar-refractivity contribution in [1.82, 2.24) is 15.1 Å². The molecule has 0 radical (unpaired) electrons. The van der Waals surface area contributed by atoms with E-state index in [9.17, 15) is 18.0 Å². The van der Waals surface area contributed by atoms with Gasteiger partial charge in [-0.25, -0.2) is 0 Å². The van der Waals surface area contributed by atoms with Crippen molar-refractivity contribution >= 4 is 5.91 Å². The second-order valence-corrected chi connectivity index (χ2v) is 6.59. The van der Waals surface area contributed by atoms with E-state index in [4.69, 9.17) is 9.47 Å². The fourth-order valence-corrected chi connectivity index (χ4v) is 2.88. The Morgan fingerprint density at radius 1 is 1.12 bits per heavy atom. The van der Waals surface area contributed by atoms with Crippen molar-refractivity contribution < 1.29 is 27.4 Å². The summed E-state index contributed by atoms with van der Waals surface area (Å²) in [6.45, 7) is -0.0687. The predicted molar refractivity (Wildman–Crippen MR) is 112 cm³/mol. The van der Waals surface area contributed by atoms with Gasteiger partial charge in [0.05, 0.1) is 24.9 Å². The number of para-hydroxylation sites is 1. The molecule has 166 valence electrons. The fourth-order valence-electron chi connectivity index (χ4n) is 2.88. The predicted octanol–water partition coefficient (Wildman–Crippen LogP) is 3.93. The summed E-state index contributed by atoms with van der Waals surface area (Å²) in [7, 11) is 3.22. The van der Waals surface area contributed by atoms with Crippen LogP contribution in [0, 0.1) is 11.8 Å². The van der Waals surface area contributed by atoms with E-state index in [1.165, 1.54) is 16.8 Å². The first-order valence-electron chi connectivity index (χ1n) is 9.51. The van der Waals surface area contributed by atoms with Crippen molar-refractivity contribution in [2.45, 2.75) is 6.18 Å². The average molecular weight is 443 g/mol. The molecule has 1 heterocycles. The molecule has 0 aliphatic carbocycles. The summed E-state index contributed by atoms with van der Waals surface area (Å²) in [6, 6.07) is 13.5. The number of aryl methyl sites for hydroxylation is 1. The number of hydrogen-bond acceptors (Lipinski definition) is 4. The van der Waals surface area contributed by atoms with Crippen LogP contribution in [0.2, 0.25) is 0 Å².